The van der Waals surface area contributed by atoms with Crippen LogP contribution < -0.4 is 0 Å². The van der Waals surface area contributed by atoms with Crippen molar-refractivity contribution in [1.29, 1.82) is 0 Å². The first kappa shape index (κ1) is 35.0. The van der Waals surface area contributed by atoms with E-state index >= 15 is 0 Å². The van der Waals surface area contributed by atoms with Crippen LogP contribution in [-0.4, -0.2) is 0 Å². The molecule has 250 valence electrons. The minimum atomic E-state index is 1.15. The van der Waals surface area contributed by atoms with Crippen LogP contribution in [0.25, 0.3) is 0 Å². The van der Waals surface area contributed by atoms with Crippen LogP contribution >= 0.6 is 0 Å². The maximum Gasteiger partial charge on any atom is -0.00170 e. The maximum atomic E-state index is 2.71. The minimum Gasteiger partial charge on any atom is -0.0651 e. The highest BCUT2D eigenvalue weighted by Crippen LogP contribution is 2.43. The molecule has 5 rings (SSSR count). The summed E-state index contributed by atoms with van der Waals surface area (Å²) < 4.78 is 0. The Morgan fingerprint density at radius 1 is 0.283 bits per heavy atom. The van der Waals surface area contributed by atoms with E-state index in [0.717, 1.165) is 25.7 Å². The van der Waals surface area contributed by atoms with Gasteiger partial charge < -0.3 is 0 Å². The standard InChI is InChI=1S/C46H66/c1-9-17-35-36(18-10-2)40(22-14-6)44-28-32-26-34-30-46-42(24-16-8)38(20-12-4)37(19-11-3)41(23-15-7)45(46)29-33(34)25-31(32)27-43(44)39(35)21-13-5/h25-26H,9-24,27-30H2,1-8H3. The summed E-state index contributed by atoms with van der Waals surface area (Å²) in [5.74, 6) is 0. The van der Waals surface area contributed by atoms with Crippen LogP contribution in [0.1, 0.15) is 196 Å². The van der Waals surface area contributed by atoms with Crippen molar-refractivity contribution in [3.8, 4) is 0 Å². The third kappa shape index (κ3) is 6.66. The fourth-order valence-electron chi connectivity index (χ4n) is 9.66. The van der Waals surface area contributed by atoms with E-state index in [9.17, 15) is 0 Å². The maximum absolute atomic E-state index is 2.71. The van der Waals surface area contributed by atoms with Crippen LogP contribution in [0.4, 0.5) is 0 Å². The van der Waals surface area contributed by atoms with Gasteiger partial charge in [0.2, 0.25) is 0 Å². The first-order valence-electron chi connectivity index (χ1n) is 20.0. The van der Waals surface area contributed by atoms with E-state index in [1.54, 1.807) is 89.0 Å². The molecule has 0 radical (unpaired) electrons. The second-order valence-electron chi connectivity index (χ2n) is 14.8. The summed E-state index contributed by atoms with van der Waals surface area (Å²) in [6.45, 7) is 19.1. The molecule has 0 heterocycles. The van der Waals surface area contributed by atoms with Gasteiger partial charge in [0.05, 0.1) is 0 Å². The third-order valence-corrected chi connectivity index (χ3v) is 11.4. The van der Waals surface area contributed by atoms with E-state index in [4.69, 9.17) is 0 Å². The molecule has 0 nitrogen and oxygen atoms in total. The number of rotatable bonds is 16. The van der Waals surface area contributed by atoms with Crippen molar-refractivity contribution in [2.24, 2.45) is 0 Å². The number of benzene rings is 3. The van der Waals surface area contributed by atoms with Gasteiger partial charge in [-0.15, -0.1) is 0 Å². The van der Waals surface area contributed by atoms with Crippen LogP contribution in [0.3, 0.4) is 0 Å². The Morgan fingerprint density at radius 2 is 0.457 bits per heavy atom. The SMILES string of the molecule is CCCc1c(CCC)c(CCC)c2c(c1CCC)Cc1cc3c(cc1C2)Cc1c(CCC)c(CCC)c(CCC)c(CCC)c1C3. The van der Waals surface area contributed by atoms with Gasteiger partial charge in [0.1, 0.15) is 0 Å². The number of hydrogen-bond acceptors (Lipinski definition) is 0. The molecule has 3 aromatic rings. The normalized spacial score (nSPS) is 13.4. The molecule has 0 spiro atoms. The van der Waals surface area contributed by atoms with E-state index < -0.39 is 0 Å². The molecule has 0 fully saturated rings. The molecule has 3 aromatic carbocycles. The molecule has 0 unspecified atom stereocenters. The molecule has 0 amide bonds. The van der Waals surface area contributed by atoms with Crippen molar-refractivity contribution in [2.45, 2.75) is 184 Å². The van der Waals surface area contributed by atoms with Crippen molar-refractivity contribution in [3.63, 3.8) is 0 Å². The molecule has 46 heavy (non-hydrogen) atoms. The Bertz CT molecular complexity index is 1290. The topological polar surface area (TPSA) is 0 Å². The van der Waals surface area contributed by atoms with Crippen LogP contribution in [0.15, 0.2) is 12.1 Å². The summed E-state index contributed by atoms with van der Waals surface area (Å²) in [4.78, 5) is 0. The second-order valence-corrected chi connectivity index (χ2v) is 14.8. The van der Waals surface area contributed by atoms with Crippen molar-refractivity contribution in [3.05, 3.63) is 101 Å². The first-order chi connectivity index (χ1) is 22.5. The van der Waals surface area contributed by atoms with Gasteiger partial charge in [-0.2, -0.15) is 0 Å². The summed E-state index contributed by atoms with van der Waals surface area (Å²) in [5, 5.41) is 0. The summed E-state index contributed by atoms with van der Waals surface area (Å²) >= 11 is 0. The molecule has 2 aliphatic carbocycles. The lowest BCUT2D eigenvalue weighted by Crippen LogP contribution is -2.21. The molecular formula is C46H66. The Hall–Kier alpha value is -2.34. The predicted molar refractivity (Wildman–Crippen MR) is 203 cm³/mol. The highest BCUT2D eigenvalue weighted by atomic mass is 14.3. The van der Waals surface area contributed by atoms with E-state index in [1.165, 1.54) is 103 Å². The molecule has 0 saturated carbocycles. The van der Waals surface area contributed by atoms with Gasteiger partial charge in [-0.1, -0.05) is 119 Å². The zero-order valence-electron chi connectivity index (χ0n) is 31.3. The zero-order valence-corrected chi connectivity index (χ0v) is 31.3. The Morgan fingerprint density at radius 3 is 0.630 bits per heavy atom. The van der Waals surface area contributed by atoms with Crippen LogP contribution in [0, 0.1) is 0 Å². The molecule has 0 bridgehead atoms. The van der Waals surface area contributed by atoms with Gasteiger partial charge in [-0.25, -0.2) is 0 Å². The van der Waals surface area contributed by atoms with E-state index in [-0.39, 0.29) is 0 Å². The van der Waals surface area contributed by atoms with Gasteiger partial charge in [0, 0.05) is 0 Å². The third-order valence-electron chi connectivity index (χ3n) is 11.4. The summed E-state index contributed by atoms with van der Waals surface area (Å²) in [7, 11) is 0. The highest BCUT2D eigenvalue weighted by Gasteiger charge is 2.30. The largest absolute Gasteiger partial charge is 0.0651 e. The summed E-state index contributed by atoms with van der Waals surface area (Å²) in [5.41, 5.74) is 27.5. The Kier molecular flexibility index (Phi) is 12.3. The van der Waals surface area contributed by atoms with E-state index in [2.05, 4.69) is 67.5 Å². The van der Waals surface area contributed by atoms with Crippen molar-refractivity contribution >= 4 is 0 Å². The van der Waals surface area contributed by atoms with Gasteiger partial charge >= 0.3 is 0 Å². The predicted octanol–water partition coefficient (Wildman–Crippen LogP) is 12.3. The zero-order chi connectivity index (χ0) is 32.8. The van der Waals surface area contributed by atoms with Crippen molar-refractivity contribution in [1.82, 2.24) is 0 Å². The van der Waals surface area contributed by atoms with Gasteiger partial charge in [-0.3, -0.25) is 0 Å². The Labute approximate surface area is 284 Å². The van der Waals surface area contributed by atoms with Crippen molar-refractivity contribution in [2.75, 3.05) is 0 Å². The lowest BCUT2D eigenvalue weighted by molar-refractivity contribution is 0.767. The van der Waals surface area contributed by atoms with Gasteiger partial charge in [0.25, 0.3) is 0 Å². The average Bonchev–Trinajstić information content (AvgIpc) is 3.05. The average molecular weight is 619 g/mol. The van der Waals surface area contributed by atoms with Crippen molar-refractivity contribution < 1.29 is 0 Å². The first-order valence-corrected chi connectivity index (χ1v) is 20.0. The number of fused-ring (bicyclic) bond motifs is 4. The van der Waals surface area contributed by atoms with Crippen LogP contribution in [0.2, 0.25) is 0 Å². The molecule has 0 heteroatoms. The quantitative estimate of drug-likeness (QED) is 0.103. The molecule has 0 saturated heterocycles. The molecule has 0 N–H and O–H groups in total. The molecule has 0 aromatic heterocycles. The summed E-state index contributed by atoms with van der Waals surface area (Å²) in [6, 6.07) is 5.42. The minimum absolute atomic E-state index is 1.15. The van der Waals surface area contributed by atoms with Crippen LogP contribution in [-0.2, 0) is 77.0 Å². The van der Waals surface area contributed by atoms with Gasteiger partial charge in [0.15, 0.2) is 0 Å². The highest BCUT2D eigenvalue weighted by molar-refractivity contribution is 5.63. The van der Waals surface area contributed by atoms with Gasteiger partial charge in [-0.05, 0) is 166 Å². The lowest BCUT2D eigenvalue weighted by atomic mass is 9.71. The summed E-state index contributed by atoms with van der Waals surface area (Å²) in [6.07, 6.45) is 24.6. The molecule has 0 atom stereocenters. The molecular weight excluding hydrogens is 553 g/mol. The Balaban J connectivity index is 1.67. The smallest absolute Gasteiger partial charge is 0.00170 e. The molecule has 2 aliphatic rings. The molecule has 0 aliphatic heterocycles. The number of hydrogen-bond donors (Lipinski definition) is 0. The lowest BCUT2D eigenvalue weighted by Gasteiger charge is -2.34. The van der Waals surface area contributed by atoms with E-state index in [1.807, 2.05) is 0 Å². The second kappa shape index (κ2) is 16.2. The van der Waals surface area contributed by atoms with E-state index in [0.29, 0.717) is 0 Å². The monoisotopic (exact) mass is 619 g/mol. The fourth-order valence-corrected chi connectivity index (χ4v) is 9.66. The fraction of sp³-hybridized carbons (Fsp3) is 0.609. The van der Waals surface area contributed by atoms with Crippen LogP contribution in [0.5, 0.6) is 0 Å².